The summed E-state index contributed by atoms with van der Waals surface area (Å²) in [6.07, 6.45) is 1.53. The van der Waals surface area contributed by atoms with Crippen LogP contribution in [0.1, 0.15) is 11.1 Å². The van der Waals surface area contributed by atoms with Crippen molar-refractivity contribution in [3.8, 4) is 11.8 Å². The predicted octanol–water partition coefficient (Wildman–Crippen LogP) is 2.73. The van der Waals surface area contributed by atoms with Gasteiger partial charge in [-0.15, -0.1) is 0 Å². The molecule has 0 bridgehead atoms. The van der Waals surface area contributed by atoms with Crippen LogP contribution >= 0.6 is 0 Å². The first-order valence-electron chi connectivity index (χ1n) is 5.59. The number of methoxy groups -OCH3 is 1. The Labute approximate surface area is 107 Å². The summed E-state index contributed by atoms with van der Waals surface area (Å²) in [6, 6.07) is 5.26. The lowest BCUT2D eigenvalue weighted by Crippen LogP contribution is -2.07. The highest BCUT2D eigenvalue weighted by Gasteiger charge is 2.18. The van der Waals surface area contributed by atoms with Gasteiger partial charge in [0, 0.05) is 6.07 Å². The minimum absolute atomic E-state index is 0.00588. The number of nitriles is 1. The van der Waals surface area contributed by atoms with E-state index in [-0.39, 0.29) is 5.56 Å². The van der Waals surface area contributed by atoms with Crippen LogP contribution in [-0.2, 0) is 0 Å². The molecule has 0 N–H and O–H groups in total. The molecule has 0 spiro atoms. The van der Waals surface area contributed by atoms with Gasteiger partial charge >= 0.3 is 5.63 Å². The average Bonchev–Trinajstić information content (AvgIpc) is 2.84. The van der Waals surface area contributed by atoms with Gasteiger partial charge in [-0.1, -0.05) is 0 Å². The Bertz CT molecular complexity index is 896. The number of hydrogen-bond acceptors (Lipinski definition) is 5. The molecule has 5 nitrogen and oxygen atoms in total. The Morgan fingerprint density at radius 2 is 2.16 bits per heavy atom. The molecule has 19 heavy (non-hydrogen) atoms. The Kier molecular flexibility index (Phi) is 2.32. The second kappa shape index (κ2) is 3.89. The van der Waals surface area contributed by atoms with Crippen LogP contribution in [0.2, 0.25) is 0 Å². The van der Waals surface area contributed by atoms with E-state index in [1.54, 1.807) is 19.1 Å². The molecule has 0 fully saturated rings. The lowest BCUT2D eigenvalue weighted by molar-refractivity contribution is 0.423. The van der Waals surface area contributed by atoms with Crippen molar-refractivity contribution in [1.29, 1.82) is 5.26 Å². The van der Waals surface area contributed by atoms with Crippen molar-refractivity contribution >= 4 is 21.9 Å². The van der Waals surface area contributed by atoms with Crippen molar-refractivity contribution in [2.24, 2.45) is 0 Å². The third-order valence-electron chi connectivity index (χ3n) is 3.15. The van der Waals surface area contributed by atoms with Gasteiger partial charge in [0.05, 0.1) is 24.1 Å². The van der Waals surface area contributed by atoms with Crippen molar-refractivity contribution < 1.29 is 13.6 Å². The number of rotatable bonds is 1. The van der Waals surface area contributed by atoms with Crippen molar-refractivity contribution in [2.45, 2.75) is 6.92 Å². The molecule has 3 aromatic rings. The van der Waals surface area contributed by atoms with E-state index in [4.69, 9.17) is 18.8 Å². The molecular weight excluding hydrogens is 246 g/mol. The van der Waals surface area contributed by atoms with Gasteiger partial charge in [-0.3, -0.25) is 0 Å². The maximum Gasteiger partial charge on any atom is 0.354 e. The van der Waals surface area contributed by atoms with E-state index in [1.165, 1.54) is 13.4 Å². The fourth-order valence-electron chi connectivity index (χ4n) is 2.26. The van der Waals surface area contributed by atoms with E-state index in [0.717, 1.165) is 5.39 Å². The summed E-state index contributed by atoms with van der Waals surface area (Å²) < 4.78 is 15.9. The van der Waals surface area contributed by atoms with Gasteiger partial charge in [-0.05, 0) is 18.6 Å². The van der Waals surface area contributed by atoms with Gasteiger partial charge in [0.1, 0.15) is 28.5 Å². The average molecular weight is 255 g/mol. The second-order valence-corrected chi connectivity index (χ2v) is 4.12. The first kappa shape index (κ1) is 11.4. The van der Waals surface area contributed by atoms with Gasteiger partial charge in [0.2, 0.25) is 0 Å². The monoisotopic (exact) mass is 255 g/mol. The van der Waals surface area contributed by atoms with E-state index in [9.17, 15) is 4.79 Å². The number of furan rings is 1. The SMILES string of the molecule is COc1c2ccoc2cc2oc(=O)c(C#N)c(C)c12. The van der Waals surface area contributed by atoms with Crippen LogP contribution in [-0.4, -0.2) is 7.11 Å². The number of ether oxygens (including phenoxy) is 1. The van der Waals surface area contributed by atoms with Crippen molar-refractivity contribution in [3.05, 3.63) is 39.9 Å². The Hall–Kier alpha value is -2.74. The summed E-state index contributed by atoms with van der Waals surface area (Å²) in [5.41, 5.74) is 0.806. The summed E-state index contributed by atoms with van der Waals surface area (Å²) in [6.45, 7) is 1.70. The summed E-state index contributed by atoms with van der Waals surface area (Å²) >= 11 is 0. The van der Waals surface area contributed by atoms with Crippen molar-refractivity contribution in [3.63, 3.8) is 0 Å². The van der Waals surface area contributed by atoms with E-state index in [0.29, 0.717) is 27.9 Å². The molecule has 0 aliphatic heterocycles. The van der Waals surface area contributed by atoms with E-state index in [2.05, 4.69) is 0 Å². The molecule has 1 aromatic carbocycles. The molecule has 0 radical (unpaired) electrons. The molecule has 2 heterocycles. The highest BCUT2D eigenvalue weighted by molar-refractivity contribution is 6.03. The third kappa shape index (κ3) is 1.43. The first-order chi connectivity index (χ1) is 9.17. The largest absolute Gasteiger partial charge is 0.495 e. The minimum atomic E-state index is -0.652. The quantitative estimate of drug-likeness (QED) is 0.625. The highest BCUT2D eigenvalue weighted by atomic mass is 16.5. The normalized spacial score (nSPS) is 10.8. The Balaban J connectivity index is 2.65. The number of fused-ring (bicyclic) bond motifs is 2. The van der Waals surface area contributed by atoms with Gasteiger partial charge < -0.3 is 13.6 Å². The van der Waals surface area contributed by atoms with Crippen molar-refractivity contribution in [2.75, 3.05) is 7.11 Å². The number of hydrogen-bond donors (Lipinski definition) is 0. The lowest BCUT2D eigenvalue weighted by atomic mass is 10.0. The zero-order valence-corrected chi connectivity index (χ0v) is 10.3. The maximum atomic E-state index is 11.7. The summed E-state index contributed by atoms with van der Waals surface area (Å²) in [5.74, 6) is 0.541. The fraction of sp³-hybridized carbons (Fsp3) is 0.143. The van der Waals surface area contributed by atoms with Crippen LogP contribution in [0.3, 0.4) is 0 Å². The molecule has 94 valence electrons. The Morgan fingerprint density at radius 3 is 2.84 bits per heavy atom. The molecular formula is C14H9NO4. The van der Waals surface area contributed by atoms with Crippen LogP contribution < -0.4 is 10.4 Å². The fourth-order valence-corrected chi connectivity index (χ4v) is 2.26. The summed E-state index contributed by atoms with van der Waals surface area (Å²) in [7, 11) is 1.53. The molecule has 5 heteroatoms. The molecule has 0 aliphatic rings. The summed E-state index contributed by atoms with van der Waals surface area (Å²) in [4.78, 5) is 11.7. The van der Waals surface area contributed by atoms with Gasteiger partial charge in [-0.2, -0.15) is 5.26 Å². The standard InChI is InChI=1S/C14H9NO4/c1-7-9(6-15)14(16)19-11-5-10-8(3-4-18-10)13(17-2)12(7)11/h3-5H,1-2H3. The van der Waals surface area contributed by atoms with Crippen LogP contribution in [0.25, 0.3) is 21.9 Å². The number of benzene rings is 1. The van der Waals surface area contributed by atoms with Crippen LogP contribution in [0.4, 0.5) is 0 Å². The second-order valence-electron chi connectivity index (χ2n) is 4.12. The van der Waals surface area contributed by atoms with Crippen molar-refractivity contribution in [1.82, 2.24) is 0 Å². The number of nitrogens with zero attached hydrogens (tertiary/aromatic N) is 1. The van der Waals surface area contributed by atoms with Crippen LogP contribution in [0, 0.1) is 18.3 Å². The molecule has 0 unspecified atom stereocenters. The number of aryl methyl sites for hydroxylation is 1. The lowest BCUT2D eigenvalue weighted by Gasteiger charge is -2.09. The predicted molar refractivity (Wildman–Crippen MR) is 68.3 cm³/mol. The Morgan fingerprint density at radius 1 is 1.37 bits per heavy atom. The van der Waals surface area contributed by atoms with E-state index < -0.39 is 5.63 Å². The van der Waals surface area contributed by atoms with Gasteiger partial charge in [-0.25, -0.2) is 4.79 Å². The molecule has 3 rings (SSSR count). The molecule has 0 atom stereocenters. The molecule has 0 saturated heterocycles. The molecule has 2 aromatic heterocycles. The van der Waals surface area contributed by atoms with E-state index in [1.807, 2.05) is 6.07 Å². The topological polar surface area (TPSA) is 76.4 Å². The van der Waals surface area contributed by atoms with Gasteiger partial charge in [0.25, 0.3) is 0 Å². The summed E-state index contributed by atoms with van der Waals surface area (Å²) in [5, 5.41) is 10.4. The first-order valence-corrected chi connectivity index (χ1v) is 5.59. The van der Waals surface area contributed by atoms with E-state index >= 15 is 0 Å². The smallest absolute Gasteiger partial charge is 0.354 e. The van der Waals surface area contributed by atoms with Gasteiger partial charge in [0.15, 0.2) is 0 Å². The van der Waals surface area contributed by atoms with Crippen LogP contribution in [0.15, 0.2) is 32.0 Å². The third-order valence-corrected chi connectivity index (χ3v) is 3.15. The molecule has 0 saturated carbocycles. The zero-order chi connectivity index (χ0) is 13.6. The minimum Gasteiger partial charge on any atom is -0.495 e. The molecule has 0 amide bonds. The molecule has 0 aliphatic carbocycles. The van der Waals surface area contributed by atoms with Crippen LogP contribution in [0.5, 0.6) is 5.75 Å². The maximum absolute atomic E-state index is 11.7. The highest BCUT2D eigenvalue weighted by Crippen LogP contribution is 2.37. The zero-order valence-electron chi connectivity index (χ0n) is 10.3.